The summed E-state index contributed by atoms with van der Waals surface area (Å²) in [6.45, 7) is 3.48. The number of amides is 1. The van der Waals surface area contributed by atoms with Crippen molar-refractivity contribution in [2.24, 2.45) is 11.8 Å². The molecule has 1 N–H and O–H groups in total. The standard InChI is InChI=1S/C18H22FNO4/c1-12-10-20(11-15(12)16(21)22)17(23)18(6-8-24-9-7-18)13-2-4-14(19)5-3-13/h2-5,12,15H,6-11H2,1H3,(H,21,22)/t12-,15-/m1/s1. The minimum absolute atomic E-state index is 0.0620. The van der Waals surface area contributed by atoms with Crippen molar-refractivity contribution in [2.45, 2.75) is 25.2 Å². The fourth-order valence-corrected chi connectivity index (χ4v) is 3.87. The summed E-state index contributed by atoms with van der Waals surface area (Å²) < 4.78 is 18.7. The molecule has 2 saturated heterocycles. The molecule has 6 heteroatoms. The number of halogens is 1. The van der Waals surface area contributed by atoms with Gasteiger partial charge in [-0.15, -0.1) is 0 Å². The number of hydrogen-bond donors (Lipinski definition) is 1. The van der Waals surface area contributed by atoms with Crippen LogP contribution in [0.15, 0.2) is 24.3 Å². The number of aliphatic carboxylic acids is 1. The van der Waals surface area contributed by atoms with Gasteiger partial charge in [-0.25, -0.2) is 4.39 Å². The molecule has 3 rings (SSSR count). The van der Waals surface area contributed by atoms with Crippen molar-refractivity contribution in [3.8, 4) is 0 Å². The maximum Gasteiger partial charge on any atom is 0.308 e. The molecule has 2 aliphatic heterocycles. The molecule has 2 fully saturated rings. The van der Waals surface area contributed by atoms with Crippen molar-refractivity contribution in [1.29, 1.82) is 0 Å². The highest BCUT2D eigenvalue weighted by Gasteiger charge is 2.47. The average Bonchev–Trinajstić information content (AvgIpc) is 2.97. The van der Waals surface area contributed by atoms with Gasteiger partial charge in [-0.3, -0.25) is 9.59 Å². The number of likely N-dealkylation sites (tertiary alicyclic amines) is 1. The molecule has 1 amide bonds. The first-order chi connectivity index (χ1) is 11.4. The summed E-state index contributed by atoms with van der Waals surface area (Å²) in [5.41, 5.74) is 0.0302. The molecular formula is C18H22FNO4. The summed E-state index contributed by atoms with van der Waals surface area (Å²) in [7, 11) is 0. The van der Waals surface area contributed by atoms with E-state index in [1.165, 1.54) is 12.1 Å². The third-order valence-corrected chi connectivity index (χ3v) is 5.37. The van der Waals surface area contributed by atoms with E-state index in [0.717, 1.165) is 5.56 Å². The van der Waals surface area contributed by atoms with E-state index >= 15 is 0 Å². The molecule has 130 valence electrons. The van der Waals surface area contributed by atoms with Gasteiger partial charge in [-0.1, -0.05) is 19.1 Å². The molecule has 5 nitrogen and oxygen atoms in total. The van der Waals surface area contributed by atoms with Gasteiger partial charge in [0.2, 0.25) is 5.91 Å². The highest BCUT2D eigenvalue weighted by Crippen LogP contribution is 2.39. The Bertz CT molecular complexity index is 624. The molecule has 0 saturated carbocycles. The van der Waals surface area contributed by atoms with Crippen molar-refractivity contribution in [3.63, 3.8) is 0 Å². The second-order valence-electron chi connectivity index (χ2n) is 6.83. The number of rotatable bonds is 3. The maximum atomic E-state index is 13.3. The maximum absolute atomic E-state index is 13.3. The zero-order chi connectivity index (χ0) is 17.3. The van der Waals surface area contributed by atoms with E-state index in [0.29, 0.717) is 32.6 Å². The number of hydrogen-bond acceptors (Lipinski definition) is 3. The summed E-state index contributed by atoms with van der Waals surface area (Å²) in [5, 5.41) is 9.31. The third-order valence-electron chi connectivity index (χ3n) is 5.37. The summed E-state index contributed by atoms with van der Waals surface area (Å²) in [4.78, 5) is 26.3. The van der Waals surface area contributed by atoms with Gasteiger partial charge in [0.1, 0.15) is 5.82 Å². The lowest BCUT2D eigenvalue weighted by atomic mass is 9.73. The Kier molecular flexibility index (Phi) is 4.58. The Labute approximate surface area is 140 Å². The van der Waals surface area contributed by atoms with Crippen LogP contribution in [0.25, 0.3) is 0 Å². The molecule has 0 bridgehead atoms. The normalized spacial score (nSPS) is 26.3. The summed E-state index contributed by atoms with van der Waals surface area (Å²) in [6.07, 6.45) is 1.06. The Morgan fingerprint density at radius 1 is 1.21 bits per heavy atom. The highest BCUT2D eigenvalue weighted by molar-refractivity contribution is 5.89. The Morgan fingerprint density at radius 2 is 1.83 bits per heavy atom. The van der Waals surface area contributed by atoms with Crippen molar-refractivity contribution in [2.75, 3.05) is 26.3 Å². The SMILES string of the molecule is C[C@@H]1CN(C(=O)C2(c3ccc(F)cc3)CCOCC2)C[C@H]1C(=O)O. The van der Waals surface area contributed by atoms with Crippen LogP contribution in [0.4, 0.5) is 4.39 Å². The molecule has 0 spiro atoms. The van der Waals surface area contributed by atoms with E-state index in [4.69, 9.17) is 4.74 Å². The molecule has 0 aliphatic carbocycles. The molecule has 1 aromatic carbocycles. The van der Waals surface area contributed by atoms with Gasteiger partial charge in [0, 0.05) is 26.3 Å². The number of carbonyl (C=O) groups is 2. The first-order valence-electron chi connectivity index (χ1n) is 8.30. The highest BCUT2D eigenvalue weighted by atomic mass is 19.1. The molecule has 0 unspecified atom stereocenters. The number of ether oxygens (including phenoxy) is 1. The Balaban J connectivity index is 1.90. The van der Waals surface area contributed by atoms with Crippen LogP contribution >= 0.6 is 0 Å². The smallest absolute Gasteiger partial charge is 0.308 e. The van der Waals surface area contributed by atoms with Gasteiger partial charge >= 0.3 is 5.97 Å². The minimum Gasteiger partial charge on any atom is -0.481 e. The number of nitrogens with zero attached hydrogens (tertiary/aromatic N) is 1. The Hall–Kier alpha value is -1.95. The van der Waals surface area contributed by atoms with Crippen LogP contribution in [0.5, 0.6) is 0 Å². The van der Waals surface area contributed by atoms with E-state index in [1.54, 1.807) is 17.0 Å². The number of carboxylic acid groups (broad SMARTS) is 1. The van der Waals surface area contributed by atoms with Crippen LogP contribution in [0, 0.1) is 17.7 Å². The van der Waals surface area contributed by atoms with Crippen LogP contribution in [-0.2, 0) is 19.7 Å². The number of carbonyl (C=O) groups excluding carboxylic acids is 1. The fraction of sp³-hybridized carbons (Fsp3) is 0.556. The van der Waals surface area contributed by atoms with Crippen molar-refractivity contribution >= 4 is 11.9 Å². The van der Waals surface area contributed by atoms with Gasteiger partial charge in [0.25, 0.3) is 0 Å². The fourth-order valence-electron chi connectivity index (χ4n) is 3.87. The topological polar surface area (TPSA) is 66.8 Å². The van der Waals surface area contributed by atoms with Crippen LogP contribution in [0.2, 0.25) is 0 Å². The van der Waals surface area contributed by atoms with Gasteiger partial charge < -0.3 is 14.7 Å². The van der Waals surface area contributed by atoms with E-state index in [1.807, 2.05) is 6.92 Å². The lowest BCUT2D eigenvalue weighted by molar-refractivity contribution is -0.143. The van der Waals surface area contributed by atoms with Gasteiger partial charge in [0.15, 0.2) is 0 Å². The monoisotopic (exact) mass is 335 g/mol. The predicted octanol–water partition coefficient (Wildman–Crippen LogP) is 2.05. The van der Waals surface area contributed by atoms with Crippen LogP contribution in [0.1, 0.15) is 25.3 Å². The van der Waals surface area contributed by atoms with Gasteiger partial charge in [-0.2, -0.15) is 0 Å². The Morgan fingerprint density at radius 3 is 2.38 bits per heavy atom. The molecule has 2 heterocycles. The van der Waals surface area contributed by atoms with Crippen LogP contribution < -0.4 is 0 Å². The minimum atomic E-state index is -0.861. The molecule has 1 aromatic rings. The molecule has 0 aromatic heterocycles. The lowest BCUT2D eigenvalue weighted by Gasteiger charge is -2.39. The van der Waals surface area contributed by atoms with E-state index in [9.17, 15) is 19.1 Å². The number of carboxylic acids is 1. The van der Waals surface area contributed by atoms with Crippen LogP contribution in [0.3, 0.4) is 0 Å². The number of benzene rings is 1. The quantitative estimate of drug-likeness (QED) is 0.918. The average molecular weight is 335 g/mol. The van der Waals surface area contributed by atoms with E-state index in [2.05, 4.69) is 0 Å². The zero-order valence-corrected chi connectivity index (χ0v) is 13.7. The largest absolute Gasteiger partial charge is 0.481 e. The lowest BCUT2D eigenvalue weighted by Crippen LogP contribution is -2.49. The van der Waals surface area contributed by atoms with Crippen molar-refractivity contribution < 1.29 is 23.8 Å². The van der Waals surface area contributed by atoms with Crippen LogP contribution in [-0.4, -0.2) is 48.2 Å². The molecule has 2 aliphatic rings. The molecule has 24 heavy (non-hydrogen) atoms. The second-order valence-corrected chi connectivity index (χ2v) is 6.83. The van der Waals surface area contributed by atoms with E-state index < -0.39 is 17.3 Å². The summed E-state index contributed by atoms with van der Waals surface area (Å²) in [5.74, 6) is -1.86. The zero-order valence-electron chi connectivity index (χ0n) is 13.7. The van der Waals surface area contributed by atoms with Crippen molar-refractivity contribution in [1.82, 2.24) is 4.90 Å². The summed E-state index contributed by atoms with van der Waals surface area (Å²) >= 11 is 0. The molecular weight excluding hydrogens is 313 g/mol. The summed E-state index contributed by atoms with van der Waals surface area (Å²) in [6, 6.07) is 6.05. The first-order valence-corrected chi connectivity index (χ1v) is 8.30. The van der Waals surface area contributed by atoms with E-state index in [-0.39, 0.29) is 24.2 Å². The second kappa shape index (κ2) is 6.51. The molecule has 2 atom stereocenters. The molecule has 0 radical (unpaired) electrons. The first kappa shape index (κ1) is 16.9. The van der Waals surface area contributed by atoms with Crippen molar-refractivity contribution in [3.05, 3.63) is 35.6 Å². The van der Waals surface area contributed by atoms with Gasteiger partial charge in [-0.05, 0) is 36.5 Å². The predicted molar refractivity (Wildman–Crippen MR) is 85.0 cm³/mol. The van der Waals surface area contributed by atoms with Gasteiger partial charge in [0.05, 0.1) is 11.3 Å². The third kappa shape index (κ3) is 2.90.